The summed E-state index contributed by atoms with van der Waals surface area (Å²) in [5, 5.41) is 2.12. The van der Waals surface area contributed by atoms with Crippen LogP contribution in [0.25, 0.3) is 0 Å². The first kappa shape index (κ1) is 21.1. The minimum absolute atomic E-state index is 0.125. The van der Waals surface area contributed by atoms with Gasteiger partial charge in [0.25, 0.3) is 0 Å². The van der Waals surface area contributed by atoms with Crippen molar-refractivity contribution in [1.29, 1.82) is 0 Å². The van der Waals surface area contributed by atoms with Gasteiger partial charge in [-0.25, -0.2) is 0 Å². The van der Waals surface area contributed by atoms with E-state index in [1.807, 2.05) is 42.5 Å². The zero-order valence-corrected chi connectivity index (χ0v) is 18.5. The van der Waals surface area contributed by atoms with Gasteiger partial charge in [-0.1, -0.05) is 36.4 Å². The van der Waals surface area contributed by atoms with E-state index in [1.165, 1.54) is 17.4 Å². The number of hydrogen-bond donors (Lipinski definition) is 0. The molecular weight excluding hydrogens is 410 g/mol. The van der Waals surface area contributed by atoms with Crippen LogP contribution in [0.1, 0.15) is 34.1 Å². The van der Waals surface area contributed by atoms with E-state index in [9.17, 15) is 4.79 Å². The van der Waals surface area contributed by atoms with Gasteiger partial charge in [0.1, 0.15) is 13.2 Å². The molecule has 0 saturated carbocycles. The van der Waals surface area contributed by atoms with Crippen molar-refractivity contribution >= 4 is 23.0 Å². The maximum atomic E-state index is 11.5. The van der Waals surface area contributed by atoms with Gasteiger partial charge in [0.05, 0.1) is 7.11 Å². The Labute approximate surface area is 186 Å². The minimum atomic E-state index is -0.335. The molecule has 2 aromatic carbocycles. The number of aliphatic imine (C=N–C) groups is 1. The maximum absolute atomic E-state index is 11.5. The third-order valence-electron chi connectivity index (χ3n) is 5.24. The first-order chi connectivity index (χ1) is 15.2. The normalized spacial score (nSPS) is 12.6. The molecule has 0 radical (unpaired) electrons. The van der Waals surface area contributed by atoms with E-state index >= 15 is 0 Å². The van der Waals surface area contributed by atoms with E-state index in [1.54, 1.807) is 18.4 Å². The van der Waals surface area contributed by atoms with E-state index in [-0.39, 0.29) is 12.6 Å². The molecule has 0 fully saturated rings. The molecule has 0 atom stereocenters. The molecule has 0 amide bonds. The van der Waals surface area contributed by atoms with Crippen LogP contribution in [0.3, 0.4) is 0 Å². The monoisotopic (exact) mass is 435 g/mol. The van der Waals surface area contributed by atoms with Gasteiger partial charge in [-0.15, -0.1) is 11.3 Å². The van der Waals surface area contributed by atoms with Crippen molar-refractivity contribution in [3.63, 3.8) is 0 Å². The van der Waals surface area contributed by atoms with E-state index in [2.05, 4.69) is 11.4 Å². The second-order valence-electron chi connectivity index (χ2n) is 7.30. The minimum Gasteiger partial charge on any atom is -0.492 e. The molecule has 160 valence electrons. The van der Waals surface area contributed by atoms with Gasteiger partial charge in [0.15, 0.2) is 11.5 Å². The summed E-state index contributed by atoms with van der Waals surface area (Å²) in [5.74, 6) is 0.884. The summed E-state index contributed by atoms with van der Waals surface area (Å²) in [4.78, 5) is 17.7. The highest BCUT2D eigenvalue weighted by Gasteiger charge is 2.21. The molecule has 0 bridgehead atoms. The zero-order valence-electron chi connectivity index (χ0n) is 17.7. The third kappa shape index (κ3) is 4.97. The number of methoxy groups -OCH3 is 1. The fourth-order valence-electron chi connectivity index (χ4n) is 3.72. The average Bonchev–Trinajstić information content (AvgIpc) is 3.27. The van der Waals surface area contributed by atoms with Crippen LogP contribution in [-0.2, 0) is 35.6 Å². The summed E-state index contributed by atoms with van der Waals surface area (Å²) in [6.45, 7) is 2.76. The lowest BCUT2D eigenvalue weighted by atomic mass is 9.95. The van der Waals surface area contributed by atoms with Crippen LogP contribution in [-0.4, -0.2) is 25.3 Å². The first-order valence-electron chi connectivity index (χ1n) is 10.2. The predicted octanol–water partition coefficient (Wildman–Crippen LogP) is 4.99. The number of thiophene rings is 1. The summed E-state index contributed by atoms with van der Waals surface area (Å²) in [5.41, 5.74) is 5.18. The number of carbonyl (C=O) groups is 1. The fourth-order valence-corrected chi connectivity index (χ4v) is 4.61. The summed E-state index contributed by atoms with van der Waals surface area (Å²) < 4.78 is 17.1. The predicted molar refractivity (Wildman–Crippen MR) is 122 cm³/mol. The van der Waals surface area contributed by atoms with Gasteiger partial charge in [0, 0.05) is 48.0 Å². The topological polar surface area (TPSA) is 57.1 Å². The van der Waals surface area contributed by atoms with Gasteiger partial charge in [-0.3, -0.25) is 9.79 Å². The molecule has 3 aromatic rings. The van der Waals surface area contributed by atoms with Crippen LogP contribution < -0.4 is 9.47 Å². The van der Waals surface area contributed by atoms with Crippen molar-refractivity contribution < 1.29 is 19.0 Å². The highest BCUT2D eigenvalue weighted by atomic mass is 32.1. The van der Waals surface area contributed by atoms with Crippen molar-refractivity contribution in [2.75, 3.05) is 13.7 Å². The van der Waals surface area contributed by atoms with Crippen molar-refractivity contribution in [3.05, 3.63) is 81.0 Å². The Morgan fingerprint density at radius 1 is 1.10 bits per heavy atom. The van der Waals surface area contributed by atoms with Crippen LogP contribution in [0.2, 0.25) is 0 Å². The molecule has 1 aromatic heterocycles. The molecule has 1 aliphatic heterocycles. The molecule has 0 unspecified atom stereocenters. The summed E-state index contributed by atoms with van der Waals surface area (Å²) in [6.07, 6.45) is 1.64. The van der Waals surface area contributed by atoms with Crippen LogP contribution in [0.5, 0.6) is 11.5 Å². The number of hydrogen-bond acceptors (Lipinski definition) is 6. The molecule has 5 nitrogen and oxygen atoms in total. The summed E-state index contributed by atoms with van der Waals surface area (Å²) >= 11 is 1.78. The Kier molecular flexibility index (Phi) is 6.67. The second kappa shape index (κ2) is 9.79. The van der Waals surface area contributed by atoms with Crippen molar-refractivity contribution in [3.8, 4) is 11.5 Å². The standard InChI is InChI=1S/C25H25NO4S/c1-17(27)29-16-21-19(14-22-20-11-13-31-24(20)10-12-26-22)8-9-23(25(21)28-2)30-15-18-6-4-3-5-7-18/h3-9,11,13H,10,12,14-16H2,1-2H3. The maximum Gasteiger partial charge on any atom is 0.302 e. The van der Waals surface area contributed by atoms with Gasteiger partial charge in [-0.2, -0.15) is 0 Å². The fraction of sp³-hybridized carbons (Fsp3) is 0.280. The Hall–Kier alpha value is -3.12. The van der Waals surface area contributed by atoms with Gasteiger partial charge < -0.3 is 14.2 Å². The van der Waals surface area contributed by atoms with Crippen LogP contribution in [0.15, 0.2) is 58.9 Å². The van der Waals surface area contributed by atoms with E-state index in [0.29, 0.717) is 24.5 Å². The Morgan fingerprint density at radius 2 is 1.94 bits per heavy atom. The number of rotatable bonds is 8. The molecule has 1 aliphatic rings. The molecular formula is C25H25NO4S. The first-order valence-corrected chi connectivity index (χ1v) is 11.1. The van der Waals surface area contributed by atoms with Crippen LogP contribution >= 0.6 is 11.3 Å². The SMILES string of the molecule is COc1c(OCc2ccccc2)ccc(CC2=NCCc3sccc32)c1COC(C)=O. The molecule has 0 N–H and O–H groups in total. The zero-order chi connectivity index (χ0) is 21.6. The molecule has 31 heavy (non-hydrogen) atoms. The van der Waals surface area contributed by atoms with E-state index in [0.717, 1.165) is 35.4 Å². The van der Waals surface area contributed by atoms with Crippen LogP contribution in [0, 0.1) is 0 Å². The van der Waals surface area contributed by atoms with Gasteiger partial charge in [-0.05, 0) is 28.6 Å². The van der Waals surface area contributed by atoms with Crippen molar-refractivity contribution in [1.82, 2.24) is 0 Å². The highest BCUT2D eigenvalue weighted by Crippen LogP contribution is 2.36. The van der Waals surface area contributed by atoms with Crippen LogP contribution in [0.4, 0.5) is 0 Å². The number of fused-ring (bicyclic) bond motifs is 1. The Morgan fingerprint density at radius 3 is 2.71 bits per heavy atom. The molecule has 4 rings (SSSR count). The van der Waals surface area contributed by atoms with Crippen molar-refractivity contribution in [2.45, 2.75) is 33.0 Å². The summed E-state index contributed by atoms with van der Waals surface area (Å²) in [6, 6.07) is 16.0. The lowest BCUT2D eigenvalue weighted by Crippen LogP contribution is -2.15. The lowest BCUT2D eigenvalue weighted by Gasteiger charge is -2.20. The Balaban J connectivity index is 1.64. The average molecular weight is 436 g/mol. The largest absolute Gasteiger partial charge is 0.492 e. The highest BCUT2D eigenvalue weighted by molar-refractivity contribution is 7.10. The molecule has 0 aliphatic carbocycles. The molecule has 0 saturated heterocycles. The lowest BCUT2D eigenvalue weighted by molar-refractivity contribution is -0.142. The van der Waals surface area contributed by atoms with E-state index < -0.39 is 0 Å². The quantitative estimate of drug-likeness (QED) is 0.468. The number of esters is 1. The third-order valence-corrected chi connectivity index (χ3v) is 6.22. The molecule has 2 heterocycles. The second-order valence-corrected chi connectivity index (χ2v) is 8.30. The molecule has 6 heteroatoms. The smallest absolute Gasteiger partial charge is 0.302 e. The van der Waals surface area contributed by atoms with Gasteiger partial charge in [0.2, 0.25) is 0 Å². The number of carbonyl (C=O) groups excluding carboxylic acids is 1. The molecule has 0 spiro atoms. The van der Waals surface area contributed by atoms with Crippen molar-refractivity contribution in [2.24, 2.45) is 4.99 Å². The number of benzene rings is 2. The number of nitrogens with zero attached hydrogens (tertiary/aromatic N) is 1. The number of ether oxygens (including phenoxy) is 3. The van der Waals surface area contributed by atoms with Gasteiger partial charge >= 0.3 is 5.97 Å². The summed E-state index contributed by atoms with van der Waals surface area (Å²) in [7, 11) is 1.61. The van der Waals surface area contributed by atoms with E-state index in [4.69, 9.17) is 19.2 Å². The Bertz CT molecular complexity index is 1090.